The number of methoxy groups -OCH3 is 2. The first-order valence-electron chi connectivity index (χ1n) is 6.86. The average Bonchev–Trinajstić information content (AvgIpc) is 3.03. The summed E-state index contributed by atoms with van der Waals surface area (Å²) in [5, 5.41) is 29.0. The minimum absolute atomic E-state index is 0.0518. The highest BCUT2D eigenvalue weighted by atomic mass is 32.2. The van der Waals surface area contributed by atoms with Crippen LogP contribution in [0.15, 0.2) is 26.7 Å². The molecule has 0 aliphatic heterocycles. The van der Waals surface area contributed by atoms with Crippen LogP contribution in [0.4, 0.5) is 0 Å². The predicted molar refractivity (Wildman–Crippen MR) is 84.1 cm³/mol. The third-order valence-electron chi connectivity index (χ3n) is 2.94. The molecule has 0 bridgehead atoms. The van der Waals surface area contributed by atoms with Crippen molar-refractivity contribution in [2.24, 2.45) is 0 Å². The van der Waals surface area contributed by atoms with Crippen molar-refractivity contribution in [2.45, 2.75) is 18.6 Å². The second kappa shape index (κ2) is 7.73. The molecule has 0 saturated carbocycles. The summed E-state index contributed by atoms with van der Waals surface area (Å²) in [5.41, 5.74) is 0.434. The van der Waals surface area contributed by atoms with Crippen molar-refractivity contribution >= 4 is 23.8 Å². The molecule has 24 heavy (non-hydrogen) atoms. The third-order valence-corrected chi connectivity index (χ3v) is 3.79. The lowest BCUT2D eigenvalue weighted by molar-refractivity contribution is -0.271. The third kappa shape index (κ3) is 3.99. The fraction of sp³-hybridized carbons (Fsp3) is 0.267. The molecule has 0 unspecified atom stereocenters. The van der Waals surface area contributed by atoms with Crippen molar-refractivity contribution < 1.29 is 28.9 Å². The van der Waals surface area contributed by atoms with Crippen molar-refractivity contribution in [1.82, 2.24) is 10.2 Å². The van der Waals surface area contributed by atoms with Gasteiger partial charge in [-0.1, -0.05) is 6.92 Å². The van der Waals surface area contributed by atoms with Crippen LogP contribution in [0.3, 0.4) is 0 Å². The van der Waals surface area contributed by atoms with Crippen LogP contribution in [0.1, 0.15) is 18.4 Å². The molecule has 2 rings (SSSR count). The standard InChI is InChI=1S/C15H16N2O6S/c1-4-12-16-17-15(23-12)24-11(14(19)20)7-8-5-9(21-2)13(18)10(6-8)22-3/h5-7,18H,4H2,1-3H3,(H,19,20)/p-1/b11-7+. The normalized spacial score (nSPS) is 11.4. The summed E-state index contributed by atoms with van der Waals surface area (Å²) >= 11 is 0.821. The molecule has 8 nitrogen and oxygen atoms in total. The number of aromatic nitrogens is 2. The van der Waals surface area contributed by atoms with E-state index in [2.05, 4.69) is 10.2 Å². The number of rotatable bonds is 7. The number of carboxylic acids is 1. The van der Waals surface area contributed by atoms with Crippen LogP contribution in [-0.2, 0) is 11.2 Å². The van der Waals surface area contributed by atoms with Crippen LogP contribution in [0.2, 0.25) is 0 Å². The van der Waals surface area contributed by atoms with Crippen LogP contribution < -0.4 is 14.6 Å². The van der Waals surface area contributed by atoms with Crippen LogP contribution >= 0.6 is 11.8 Å². The molecule has 0 aliphatic carbocycles. The number of aliphatic carboxylic acids is 1. The summed E-state index contributed by atoms with van der Waals surface area (Å²) in [6.45, 7) is 1.85. The Kier molecular flexibility index (Phi) is 5.69. The van der Waals surface area contributed by atoms with Crippen molar-refractivity contribution in [3.05, 3.63) is 28.5 Å². The second-order valence-corrected chi connectivity index (χ2v) is 5.48. The number of thioether (sulfide) groups is 1. The van der Waals surface area contributed by atoms with Crippen LogP contribution in [-0.4, -0.2) is 35.5 Å². The van der Waals surface area contributed by atoms with Crippen LogP contribution in [0.25, 0.3) is 6.08 Å². The van der Waals surface area contributed by atoms with Gasteiger partial charge < -0.3 is 24.1 Å². The average molecular weight is 351 g/mol. The van der Waals surface area contributed by atoms with Crippen molar-refractivity contribution in [2.75, 3.05) is 14.2 Å². The highest BCUT2D eigenvalue weighted by Crippen LogP contribution is 2.36. The number of aryl methyl sites for hydroxylation is 1. The van der Waals surface area contributed by atoms with Gasteiger partial charge in [-0.2, -0.15) is 0 Å². The lowest BCUT2D eigenvalue weighted by Gasteiger charge is -2.17. The van der Waals surface area contributed by atoms with Gasteiger partial charge in [-0.05, 0) is 41.3 Å². The number of carbonyl (C=O) groups is 1. The summed E-state index contributed by atoms with van der Waals surface area (Å²) < 4.78 is 15.3. The molecule has 128 valence electrons. The van der Waals surface area contributed by atoms with E-state index < -0.39 is 11.7 Å². The number of ether oxygens (including phenoxy) is 2. The largest absolute Gasteiger partial charge is 0.867 e. The molecule has 0 aliphatic rings. The zero-order chi connectivity index (χ0) is 17.7. The molecule has 0 radical (unpaired) electrons. The molecule has 1 heterocycles. The first-order chi connectivity index (χ1) is 11.5. The first-order valence-corrected chi connectivity index (χ1v) is 7.68. The van der Waals surface area contributed by atoms with E-state index in [1.807, 2.05) is 6.92 Å². The minimum Gasteiger partial charge on any atom is -0.867 e. The number of nitrogens with zero attached hydrogens (tertiary/aromatic N) is 2. The summed E-state index contributed by atoms with van der Waals surface area (Å²) in [7, 11) is 2.70. The van der Waals surface area contributed by atoms with Gasteiger partial charge in [-0.3, -0.25) is 0 Å². The molecule has 1 aromatic carbocycles. The van der Waals surface area contributed by atoms with Crippen LogP contribution in [0.5, 0.6) is 17.2 Å². The van der Waals surface area contributed by atoms with Gasteiger partial charge in [0.15, 0.2) is 0 Å². The van der Waals surface area contributed by atoms with E-state index in [-0.39, 0.29) is 21.6 Å². The molecule has 1 N–H and O–H groups in total. The number of hydrogen-bond acceptors (Lipinski definition) is 8. The van der Waals surface area contributed by atoms with E-state index in [9.17, 15) is 15.0 Å². The molecule has 1 aromatic heterocycles. The topological polar surface area (TPSA) is 118 Å². The van der Waals surface area contributed by atoms with E-state index in [1.54, 1.807) is 0 Å². The summed E-state index contributed by atoms with van der Waals surface area (Å²) in [6, 6.07) is 2.86. The summed E-state index contributed by atoms with van der Waals surface area (Å²) in [4.78, 5) is 11.4. The van der Waals surface area contributed by atoms with Crippen molar-refractivity contribution in [1.29, 1.82) is 0 Å². The minimum atomic E-state index is -1.17. The summed E-state index contributed by atoms with van der Waals surface area (Å²) in [6.07, 6.45) is 1.92. The smallest absolute Gasteiger partial charge is 0.342 e. The zero-order valence-corrected chi connectivity index (χ0v) is 14.0. The van der Waals surface area contributed by atoms with Gasteiger partial charge in [0.05, 0.1) is 14.2 Å². The maximum absolute atomic E-state index is 11.9. The molecule has 0 saturated heterocycles. The van der Waals surface area contributed by atoms with E-state index in [4.69, 9.17) is 13.9 Å². The van der Waals surface area contributed by atoms with E-state index in [0.29, 0.717) is 17.9 Å². The highest BCUT2D eigenvalue weighted by Gasteiger charge is 2.15. The molecule has 9 heteroatoms. The molecular weight excluding hydrogens is 336 g/mol. The second-order valence-electron chi connectivity index (χ2n) is 4.49. The fourth-order valence-electron chi connectivity index (χ4n) is 1.79. The fourth-order valence-corrected chi connectivity index (χ4v) is 2.48. The highest BCUT2D eigenvalue weighted by molar-refractivity contribution is 8.03. The SMILES string of the molecule is CCc1nnc(S/C(=C/c2cc(OC)c([O-])c(OC)c2)C(=O)O)o1. The van der Waals surface area contributed by atoms with Crippen LogP contribution in [0, 0.1) is 0 Å². The zero-order valence-electron chi connectivity index (χ0n) is 13.2. The molecule has 0 fully saturated rings. The van der Waals surface area contributed by atoms with Crippen molar-refractivity contribution in [3.63, 3.8) is 0 Å². The lowest BCUT2D eigenvalue weighted by Crippen LogP contribution is -2.00. The Morgan fingerprint density at radius 3 is 2.42 bits per heavy atom. The maximum Gasteiger partial charge on any atom is 0.342 e. The van der Waals surface area contributed by atoms with Gasteiger partial charge in [0.1, 0.15) is 16.4 Å². The molecule has 0 amide bonds. The Bertz CT molecular complexity index is 746. The molecule has 0 atom stereocenters. The van der Waals surface area contributed by atoms with Gasteiger partial charge in [-0.15, -0.1) is 10.2 Å². The van der Waals surface area contributed by atoms with E-state index in [0.717, 1.165) is 11.8 Å². The summed E-state index contributed by atoms with van der Waals surface area (Å²) in [5.74, 6) is -1.05. The molecular formula is C15H15N2O6S-. The van der Waals surface area contributed by atoms with Gasteiger partial charge in [0.25, 0.3) is 5.22 Å². The number of hydrogen-bond donors (Lipinski definition) is 1. The molecule has 2 aromatic rings. The Balaban J connectivity index is 2.38. The predicted octanol–water partition coefficient (Wildman–Crippen LogP) is 1.94. The lowest BCUT2D eigenvalue weighted by atomic mass is 10.1. The maximum atomic E-state index is 11.9. The van der Waals surface area contributed by atoms with Gasteiger partial charge >= 0.3 is 5.97 Å². The van der Waals surface area contributed by atoms with Gasteiger partial charge in [0.2, 0.25) is 5.89 Å². The van der Waals surface area contributed by atoms with Gasteiger partial charge in [0, 0.05) is 6.42 Å². The first kappa shape index (κ1) is 17.7. The van der Waals surface area contributed by atoms with E-state index >= 15 is 0 Å². The number of carboxylic acid groups (broad SMARTS) is 1. The van der Waals surface area contributed by atoms with Gasteiger partial charge in [-0.25, -0.2) is 4.79 Å². The Morgan fingerprint density at radius 2 is 1.96 bits per heavy atom. The quantitative estimate of drug-likeness (QED) is 0.589. The number of benzene rings is 1. The Hall–Kier alpha value is -2.68. The monoisotopic (exact) mass is 351 g/mol. The Morgan fingerprint density at radius 1 is 1.33 bits per heavy atom. The van der Waals surface area contributed by atoms with E-state index in [1.165, 1.54) is 32.4 Å². The Labute approximate surface area is 142 Å². The molecule has 0 spiro atoms. The van der Waals surface area contributed by atoms with Crippen molar-refractivity contribution in [3.8, 4) is 17.2 Å².